The number of amides is 1. The fourth-order valence-electron chi connectivity index (χ4n) is 2.35. The summed E-state index contributed by atoms with van der Waals surface area (Å²) in [6, 6.07) is 6.15. The largest absolute Gasteiger partial charge is 0.478 e. The maximum Gasteiger partial charge on any atom is 0.335 e. The molecular formula is C16H21NO4. The molecule has 0 spiro atoms. The van der Waals surface area contributed by atoms with E-state index >= 15 is 0 Å². The molecule has 1 aromatic carbocycles. The summed E-state index contributed by atoms with van der Waals surface area (Å²) in [6.07, 6.45) is 0.913. The van der Waals surface area contributed by atoms with Gasteiger partial charge in [-0.1, -0.05) is 19.9 Å². The molecular weight excluding hydrogens is 270 g/mol. The number of rotatable bonds is 5. The molecule has 2 rings (SSSR count). The van der Waals surface area contributed by atoms with E-state index in [0.29, 0.717) is 31.2 Å². The zero-order valence-corrected chi connectivity index (χ0v) is 12.4. The minimum absolute atomic E-state index is 0.0824. The molecule has 5 nitrogen and oxygen atoms in total. The summed E-state index contributed by atoms with van der Waals surface area (Å²) >= 11 is 0. The van der Waals surface area contributed by atoms with Gasteiger partial charge in [0.25, 0.3) is 5.91 Å². The first-order valence-corrected chi connectivity index (χ1v) is 7.21. The Morgan fingerprint density at radius 2 is 2.10 bits per heavy atom. The van der Waals surface area contributed by atoms with E-state index in [4.69, 9.17) is 9.84 Å². The van der Waals surface area contributed by atoms with Gasteiger partial charge in [-0.05, 0) is 30.5 Å². The van der Waals surface area contributed by atoms with Crippen molar-refractivity contribution in [2.24, 2.45) is 5.92 Å². The van der Waals surface area contributed by atoms with Crippen LogP contribution in [0.5, 0.6) is 0 Å². The highest BCUT2D eigenvalue weighted by atomic mass is 16.5. The number of carbonyl (C=O) groups is 2. The van der Waals surface area contributed by atoms with E-state index < -0.39 is 5.97 Å². The fourth-order valence-corrected chi connectivity index (χ4v) is 2.35. The van der Waals surface area contributed by atoms with Gasteiger partial charge in [0, 0.05) is 25.3 Å². The van der Waals surface area contributed by atoms with E-state index in [0.717, 1.165) is 6.42 Å². The first-order chi connectivity index (χ1) is 9.97. The normalized spacial score (nSPS) is 18.2. The van der Waals surface area contributed by atoms with E-state index in [-0.39, 0.29) is 17.6 Å². The third-order valence-electron chi connectivity index (χ3n) is 3.45. The smallest absolute Gasteiger partial charge is 0.335 e. The number of likely N-dealkylation sites (tertiary alicyclic amines) is 1. The monoisotopic (exact) mass is 291 g/mol. The van der Waals surface area contributed by atoms with E-state index in [1.807, 2.05) is 0 Å². The summed E-state index contributed by atoms with van der Waals surface area (Å²) in [7, 11) is 0. The van der Waals surface area contributed by atoms with Gasteiger partial charge < -0.3 is 14.7 Å². The molecule has 114 valence electrons. The first-order valence-electron chi connectivity index (χ1n) is 7.21. The molecule has 1 unspecified atom stereocenters. The van der Waals surface area contributed by atoms with Crippen LogP contribution < -0.4 is 0 Å². The number of ether oxygens (including phenoxy) is 1. The van der Waals surface area contributed by atoms with Gasteiger partial charge in [-0.15, -0.1) is 0 Å². The lowest BCUT2D eigenvalue weighted by Gasteiger charge is -2.17. The van der Waals surface area contributed by atoms with Gasteiger partial charge in [0.1, 0.15) is 0 Å². The number of hydrogen-bond acceptors (Lipinski definition) is 3. The molecule has 21 heavy (non-hydrogen) atoms. The minimum atomic E-state index is -1.02. The van der Waals surface area contributed by atoms with E-state index in [2.05, 4.69) is 13.8 Å². The van der Waals surface area contributed by atoms with Crippen molar-refractivity contribution in [1.29, 1.82) is 0 Å². The molecule has 0 aliphatic carbocycles. The standard InChI is InChI=1S/C16H21NO4/c1-11(2)10-21-14-6-7-17(9-14)15(18)12-4-3-5-13(8-12)16(19)20/h3-5,8,11,14H,6-7,9-10H2,1-2H3,(H,19,20). The van der Waals surface area contributed by atoms with Gasteiger partial charge in [-0.2, -0.15) is 0 Å². The number of carbonyl (C=O) groups excluding carboxylic acids is 1. The number of nitrogens with zero attached hydrogens (tertiary/aromatic N) is 1. The van der Waals surface area contributed by atoms with Crippen LogP contribution in [0.25, 0.3) is 0 Å². The van der Waals surface area contributed by atoms with Crippen LogP contribution >= 0.6 is 0 Å². The molecule has 1 aromatic rings. The van der Waals surface area contributed by atoms with Crippen LogP contribution in [0.2, 0.25) is 0 Å². The lowest BCUT2D eigenvalue weighted by Crippen LogP contribution is -2.30. The molecule has 0 saturated carbocycles. The van der Waals surface area contributed by atoms with E-state index in [1.165, 1.54) is 12.1 Å². The Labute approximate surface area is 124 Å². The van der Waals surface area contributed by atoms with Crippen LogP contribution in [0.3, 0.4) is 0 Å². The van der Waals surface area contributed by atoms with Gasteiger partial charge >= 0.3 is 5.97 Å². The molecule has 0 aromatic heterocycles. The van der Waals surface area contributed by atoms with Gasteiger partial charge in [0.15, 0.2) is 0 Å². The molecule has 1 fully saturated rings. The maximum absolute atomic E-state index is 12.4. The summed E-state index contributed by atoms with van der Waals surface area (Å²) in [6.45, 7) is 6.10. The van der Waals surface area contributed by atoms with Crippen LogP contribution in [0.1, 0.15) is 41.0 Å². The zero-order chi connectivity index (χ0) is 15.4. The highest BCUT2D eigenvalue weighted by Crippen LogP contribution is 2.17. The Morgan fingerprint density at radius 1 is 1.38 bits per heavy atom. The van der Waals surface area contributed by atoms with Gasteiger partial charge in [0.2, 0.25) is 0 Å². The average molecular weight is 291 g/mol. The highest BCUT2D eigenvalue weighted by Gasteiger charge is 2.27. The van der Waals surface area contributed by atoms with E-state index in [9.17, 15) is 9.59 Å². The van der Waals surface area contributed by atoms with Crippen molar-refractivity contribution in [3.63, 3.8) is 0 Å². The molecule has 5 heteroatoms. The second-order valence-corrected chi connectivity index (χ2v) is 5.77. The second-order valence-electron chi connectivity index (χ2n) is 5.77. The van der Waals surface area contributed by atoms with Crippen molar-refractivity contribution >= 4 is 11.9 Å². The van der Waals surface area contributed by atoms with Crippen LogP contribution in [0, 0.1) is 5.92 Å². The van der Waals surface area contributed by atoms with E-state index in [1.54, 1.807) is 17.0 Å². The molecule has 1 aliphatic rings. The van der Waals surface area contributed by atoms with Crippen LogP contribution in [-0.2, 0) is 4.74 Å². The summed E-state index contributed by atoms with van der Waals surface area (Å²) < 4.78 is 5.75. The van der Waals surface area contributed by atoms with Crippen LogP contribution in [-0.4, -0.2) is 47.7 Å². The topological polar surface area (TPSA) is 66.8 Å². The molecule has 1 N–H and O–H groups in total. The van der Waals surface area contributed by atoms with Crippen molar-refractivity contribution in [3.05, 3.63) is 35.4 Å². The van der Waals surface area contributed by atoms with Crippen molar-refractivity contribution in [2.45, 2.75) is 26.4 Å². The molecule has 0 bridgehead atoms. The SMILES string of the molecule is CC(C)COC1CCN(C(=O)c2cccc(C(=O)O)c2)C1. The summed E-state index contributed by atoms with van der Waals surface area (Å²) in [5.41, 5.74) is 0.548. The molecule has 1 saturated heterocycles. The maximum atomic E-state index is 12.4. The number of carboxylic acids is 1. The van der Waals surface area contributed by atoms with Crippen molar-refractivity contribution in [3.8, 4) is 0 Å². The fraction of sp³-hybridized carbons (Fsp3) is 0.500. The van der Waals surface area contributed by atoms with Crippen molar-refractivity contribution in [1.82, 2.24) is 4.90 Å². The summed E-state index contributed by atoms with van der Waals surface area (Å²) in [4.78, 5) is 25.1. The summed E-state index contributed by atoms with van der Waals surface area (Å²) in [5.74, 6) is -0.681. The minimum Gasteiger partial charge on any atom is -0.478 e. The molecule has 1 amide bonds. The quantitative estimate of drug-likeness (QED) is 0.903. The Hall–Kier alpha value is -1.88. The Balaban J connectivity index is 1.98. The molecule has 0 radical (unpaired) electrons. The van der Waals surface area contributed by atoms with Gasteiger partial charge in [0.05, 0.1) is 11.7 Å². The Bertz CT molecular complexity index is 527. The lowest BCUT2D eigenvalue weighted by atomic mass is 10.1. The molecule has 1 aliphatic heterocycles. The average Bonchev–Trinajstić information content (AvgIpc) is 2.93. The number of hydrogen-bond donors (Lipinski definition) is 1. The van der Waals surface area contributed by atoms with Gasteiger partial charge in [-0.3, -0.25) is 4.79 Å². The Morgan fingerprint density at radius 3 is 2.76 bits per heavy atom. The number of carboxylic acid groups (broad SMARTS) is 1. The zero-order valence-electron chi connectivity index (χ0n) is 12.4. The predicted molar refractivity (Wildman–Crippen MR) is 78.5 cm³/mol. The molecule has 1 atom stereocenters. The third-order valence-corrected chi connectivity index (χ3v) is 3.45. The third kappa shape index (κ3) is 4.04. The lowest BCUT2D eigenvalue weighted by molar-refractivity contribution is 0.0396. The molecule has 1 heterocycles. The second kappa shape index (κ2) is 6.72. The summed E-state index contributed by atoms with van der Waals surface area (Å²) in [5, 5.41) is 8.98. The highest BCUT2D eigenvalue weighted by molar-refractivity contribution is 5.97. The van der Waals surface area contributed by atoms with Crippen LogP contribution in [0.15, 0.2) is 24.3 Å². The Kier molecular flexibility index (Phi) is 4.96. The van der Waals surface area contributed by atoms with Gasteiger partial charge in [-0.25, -0.2) is 4.79 Å². The van der Waals surface area contributed by atoms with Crippen molar-refractivity contribution < 1.29 is 19.4 Å². The number of aromatic carboxylic acids is 1. The predicted octanol–water partition coefficient (Wildman–Crippen LogP) is 2.27. The first kappa shape index (κ1) is 15.5. The van der Waals surface area contributed by atoms with Crippen LogP contribution in [0.4, 0.5) is 0 Å². The number of benzene rings is 1. The van der Waals surface area contributed by atoms with Crippen molar-refractivity contribution in [2.75, 3.05) is 19.7 Å².